The van der Waals surface area contributed by atoms with E-state index in [0.717, 1.165) is 0 Å². The average molecular weight is 136 g/mol. The van der Waals surface area contributed by atoms with E-state index in [-0.39, 0.29) is 6.61 Å². The second-order valence-corrected chi connectivity index (χ2v) is 1.41. The summed E-state index contributed by atoms with van der Waals surface area (Å²) in [4.78, 5) is 9.60. The number of aliphatic hydroxyl groups is 2. The fourth-order valence-corrected chi connectivity index (χ4v) is 0.220. The van der Waals surface area contributed by atoms with Crippen LogP contribution in [0.15, 0.2) is 0 Å². The molecule has 5 heteroatoms. The Bertz CT molecular complexity index is 91.0. The molecule has 1 atom stereocenters. The molecule has 0 saturated carbocycles. The van der Waals surface area contributed by atoms with Crippen LogP contribution in [0.5, 0.6) is 0 Å². The first kappa shape index (κ1) is 8.19. The van der Waals surface area contributed by atoms with E-state index >= 15 is 0 Å². The summed E-state index contributed by atoms with van der Waals surface area (Å²) >= 11 is 0. The zero-order chi connectivity index (χ0) is 7.28. The highest BCUT2D eigenvalue weighted by Crippen LogP contribution is 1.82. The van der Waals surface area contributed by atoms with Crippen molar-refractivity contribution in [3.63, 3.8) is 0 Å². The minimum absolute atomic E-state index is 0.383. The molecule has 0 aliphatic carbocycles. The molecule has 0 heterocycles. The summed E-state index contributed by atoms with van der Waals surface area (Å²) in [5.41, 5.74) is 0. The maximum atomic E-state index is 9.60. The molecular weight excluding hydrogens is 128 g/mol. The SMILES string of the molecule is O=C(O)OCC(O)CO. The van der Waals surface area contributed by atoms with Gasteiger partial charge in [-0.3, -0.25) is 0 Å². The Labute approximate surface area is 51.5 Å². The van der Waals surface area contributed by atoms with Gasteiger partial charge in [0.1, 0.15) is 12.7 Å². The van der Waals surface area contributed by atoms with Crippen molar-refractivity contribution in [3.05, 3.63) is 0 Å². The third kappa shape index (κ3) is 5.05. The van der Waals surface area contributed by atoms with Gasteiger partial charge < -0.3 is 20.1 Å². The Balaban J connectivity index is 3.16. The molecule has 0 rings (SSSR count). The van der Waals surface area contributed by atoms with Crippen LogP contribution in [0, 0.1) is 0 Å². The average Bonchev–Trinajstić information content (AvgIpc) is 1.83. The lowest BCUT2D eigenvalue weighted by molar-refractivity contribution is 0.0145. The molecule has 0 fully saturated rings. The third-order valence-corrected chi connectivity index (χ3v) is 0.610. The van der Waals surface area contributed by atoms with Crippen LogP contribution < -0.4 is 0 Å². The molecule has 1 unspecified atom stereocenters. The van der Waals surface area contributed by atoms with Gasteiger partial charge in [-0.2, -0.15) is 0 Å². The Hall–Kier alpha value is -0.810. The minimum Gasteiger partial charge on any atom is -0.450 e. The molecule has 3 N–H and O–H groups in total. The summed E-state index contributed by atoms with van der Waals surface area (Å²) < 4.78 is 3.90. The van der Waals surface area contributed by atoms with Crippen LogP contribution in [0.2, 0.25) is 0 Å². The lowest BCUT2D eigenvalue weighted by Crippen LogP contribution is -2.21. The van der Waals surface area contributed by atoms with Crippen molar-refractivity contribution in [2.45, 2.75) is 6.10 Å². The zero-order valence-electron chi connectivity index (χ0n) is 4.65. The van der Waals surface area contributed by atoms with Crippen molar-refractivity contribution in [2.24, 2.45) is 0 Å². The molecule has 0 amide bonds. The van der Waals surface area contributed by atoms with E-state index in [1.165, 1.54) is 0 Å². The Morgan fingerprint density at radius 1 is 1.67 bits per heavy atom. The molecule has 54 valence electrons. The smallest absolute Gasteiger partial charge is 0.450 e. The Morgan fingerprint density at radius 2 is 2.22 bits per heavy atom. The van der Waals surface area contributed by atoms with Gasteiger partial charge in [-0.05, 0) is 0 Å². The molecule has 5 nitrogen and oxygen atoms in total. The van der Waals surface area contributed by atoms with E-state index in [9.17, 15) is 4.79 Å². The predicted octanol–water partition coefficient (Wildman–Crippen LogP) is -0.966. The summed E-state index contributed by atoms with van der Waals surface area (Å²) in [6, 6.07) is 0. The van der Waals surface area contributed by atoms with Gasteiger partial charge in [-0.1, -0.05) is 0 Å². The van der Waals surface area contributed by atoms with Gasteiger partial charge in [0.25, 0.3) is 0 Å². The van der Waals surface area contributed by atoms with Gasteiger partial charge in [-0.25, -0.2) is 4.79 Å². The first-order valence-corrected chi connectivity index (χ1v) is 2.31. The van der Waals surface area contributed by atoms with Gasteiger partial charge in [0, 0.05) is 0 Å². The van der Waals surface area contributed by atoms with Crippen molar-refractivity contribution >= 4 is 6.16 Å². The van der Waals surface area contributed by atoms with Gasteiger partial charge in [0.2, 0.25) is 0 Å². The van der Waals surface area contributed by atoms with Gasteiger partial charge in [-0.15, -0.1) is 0 Å². The summed E-state index contributed by atoms with van der Waals surface area (Å²) in [6.45, 7) is -0.876. The molecule has 0 saturated heterocycles. The van der Waals surface area contributed by atoms with Gasteiger partial charge in [0.05, 0.1) is 6.61 Å². The normalized spacial score (nSPS) is 12.7. The van der Waals surface area contributed by atoms with Crippen molar-refractivity contribution in [2.75, 3.05) is 13.2 Å². The van der Waals surface area contributed by atoms with Crippen LogP contribution in [0.4, 0.5) is 4.79 Å². The van der Waals surface area contributed by atoms with Crippen molar-refractivity contribution in [3.8, 4) is 0 Å². The summed E-state index contributed by atoms with van der Waals surface area (Å²) in [5, 5.41) is 24.4. The second kappa shape index (κ2) is 4.11. The maximum absolute atomic E-state index is 9.60. The second-order valence-electron chi connectivity index (χ2n) is 1.41. The number of carboxylic acid groups (broad SMARTS) is 1. The van der Waals surface area contributed by atoms with Crippen molar-refractivity contribution in [1.82, 2.24) is 0 Å². The summed E-state index contributed by atoms with van der Waals surface area (Å²) in [7, 11) is 0. The number of hydrogen-bond acceptors (Lipinski definition) is 4. The van der Waals surface area contributed by atoms with E-state index in [4.69, 9.17) is 15.3 Å². The quantitative estimate of drug-likeness (QED) is 0.435. The van der Waals surface area contributed by atoms with Crippen LogP contribution in [0.25, 0.3) is 0 Å². The van der Waals surface area contributed by atoms with Gasteiger partial charge >= 0.3 is 6.16 Å². The monoisotopic (exact) mass is 136 g/mol. The molecular formula is C4H8O5. The molecule has 0 aromatic rings. The molecule has 0 bridgehead atoms. The molecule has 0 aromatic heterocycles. The Morgan fingerprint density at radius 3 is 2.56 bits per heavy atom. The fraction of sp³-hybridized carbons (Fsp3) is 0.750. The van der Waals surface area contributed by atoms with E-state index in [0.29, 0.717) is 0 Å². The minimum atomic E-state index is -1.46. The largest absolute Gasteiger partial charge is 0.505 e. The van der Waals surface area contributed by atoms with E-state index in [1.54, 1.807) is 0 Å². The van der Waals surface area contributed by atoms with E-state index < -0.39 is 18.9 Å². The van der Waals surface area contributed by atoms with Crippen molar-refractivity contribution in [1.29, 1.82) is 0 Å². The predicted molar refractivity (Wildman–Crippen MR) is 27.1 cm³/mol. The number of hydrogen-bond donors (Lipinski definition) is 3. The van der Waals surface area contributed by atoms with E-state index in [1.807, 2.05) is 0 Å². The van der Waals surface area contributed by atoms with Crippen LogP contribution in [0.1, 0.15) is 0 Å². The standard InChI is InChI=1S/C4H8O5/c5-1-3(6)2-9-4(7)8/h3,5-6H,1-2H2,(H,7,8). The molecule has 0 aromatic carbocycles. The number of ether oxygens (including phenoxy) is 1. The fourth-order valence-electron chi connectivity index (χ4n) is 0.220. The topological polar surface area (TPSA) is 87.0 Å². The van der Waals surface area contributed by atoms with E-state index in [2.05, 4.69) is 4.74 Å². The zero-order valence-corrected chi connectivity index (χ0v) is 4.65. The molecule has 9 heavy (non-hydrogen) atoms. The number of carbonyl (C=O) groups is 1. The highest BCUT2D eigenvalue weighted by atomic mass is 16.7. The Kier molecular flexibility index (Phi) is 3.74. The lowest BCUT2D eigenvalue weighted by atomic mass is 10.4. The first-order valence-electron chi connectivity index (χ1n) is 2.31. The van der Waals surface area contributed by atoms with Crippen LogP contribution in [-0.4, -0.2) is 40.8 Å². The molecule has 0 aliphatic heterocycles. The summed E-state index contributed by atoms with van der Waals surface area (Å²) in [5.74, 6) is 0. The highest BCUT2D eigenvalue weighted by molar-refractivity contribution is 5.56. The van der Waals surface area contributed by atoms with Crippen LogP contribution >= 0.6 is 0 Å². The molecule has 0 spiro atoms. The van der Waals surface area contributed by atoms with Crippen molar-refractivity contribution < 1.29 is 24.9 Å². The molecule has 0 radical (unpaired) electrons. The first-order chi connectivity index (χ1) is 4.16. The third-order valence-electron chi connectivity index (χ3n) is 0.610. The lowest BCUT2D eigenvalue weighted by Gasteiger charge is -2.03. The van der Waals surface area contributed by atoms with Crippen LogP contribution in [-0.2, 0) is 4.74 Å². The maximum Gasteiger partial charge on any atom is 0.505 e. The number of rotatable bonds is 3. The molecule has 0 aliphatic rings. The van der Waals surface area contributed by atoms with Gasteiger partial charge in [0.15, 0.2) is 0 Å². The summed E-state index contributed by atoms with van der Waals surface area (Å²) in [6.07, 6.45) is -2.57. The number of aliphatic hydroxyl groups excluding tert-OH is 2. The van der Waals surface area contributed by atoms with Crippen LogP contribution in [0.3, 0.4) is 0 Å². The highest BCUT2D eigenvalue weighted by Gasteiger charge is 2.03.